The number of amides is 1. The highest BCUT2D eigenvalue weighted by Crippen LogP contribution is 2.68. The van der Waals surface area contributed by atoms with Gasteiger partial charge in [0.1, 0.15) is 0 Å². The van der Waals surface area contributed by atoms with Crippen molar-refractivity contribution in [1.82, 2.24) is 5.32 Å². The van der Waals surface area contributed by atoms with E-state index in [-0.39, 0.29) is 5.91 Å². The van der Waals surface area contributed by atoms with Gasteiger partial charge in [-0.1, -0.05) is 48.0 Å². The molecule has 0 heterocycles. The van der Waals surface area contributed by atoms with Crippen molar-refractivity contribution < 1.29 is 4.79 Å². The maximum Gasteiger partial charge on any atom is 0.220 e. The minimum absolute atomic E-state index is 0.284. The molecule has 9 atom stereocenters. The van der Waals surface area contributed by atoms with Gasteiger partial charge in [-0.05, 0) is 123 Å². The fourth-order valence-electron chi connectivity index (χ4n) is 9.80. The van der Waals surface area contributed by atoms with Crippen LogP contribution in [0.5, 0.6) is 0 Å². The fraction of sp³-hybridized carbons (Fsp3) is 0.967. The Balaban J connectivity index is 1.39. The van der Waals surface area contributed by atoms with Crippen LogP contribution in [-0.2, 0) is 4.79 Å². The Bertz CT molecular complexity index is 655. The molecule has 0 aliphatic heterocycles. The Morgan fingerprint density at radius 1 is 0.938 bits per heavy atom. The van der Waals surface area contributed by atoms with E-state index < -0.39 is 0 Å². The van der Waals surface area contributed by atoms with E-state index in [0.717, 1.165) is 61.2 Å². The first-order chi connectivity index (χ1) is 15.2. The van der Waals surface area contributed by atoms with Crippen LogP contribution in [0.3, 0.4) is 0 Å². The maximum atomic E-state index is 12.5. The maximum absolute atomic E-state index is 12.5. The predicted molar refractivity (Wildman–Crippen MR) is 135 cm³/mol. The number of carbonyl (C=O) groups is 1. The second-order valence-electron chi connectivity index (χ2n) is 13.4. The average molecular weight is 444 g/mol. The molecular formula is C30H53NO. The topological polar surface area (TPSA) is 29.1 Å². The second-order valence-corrected chi connectivity index (χ2v) is 13.4. The van der Waals surface area contributed by atoms with Crippen LogP contribution in [0.2, 0.25) is 0 Å². The summed E-state index contributed by atoms with van der Waals surface area (Å²) in [5, 5.41) is 3.26. The van der Waals surface area contributed by atoms with Crippen molar-refractivity contribution in [1.29, 1.82) is 0 Å². The van der Waals surface area contributed by atoms with Gasteiger partial charge in [0.05, 0.1) is 0 Å². The quantitative estimate of drug-likeness (QED) is 0.424. The van der Waals surface area contributed by atoms with E-state index in [1.54, 1.807) is 0 Å². The lowest BCUT2D eigenvalue weighted by molar-refractivity contribution is -0.124. The Labute approximate surface area is 199 Å². The largest absolute Gasteiger partial charge is 0.353 e. The van der Waals surface area contributed by atoms with Crippen molar-refractivity contribution in [2.75, 3.05) is 0 Å². The highest BCUT2D eigenvalue weighted by molar-refractivity contribution is 5.76. The smallest absolute Gasteiger partial charge is 0.220 e. The van der Waals surface area contributed by atoms with Crippen molar-refractivity contribution >= 4 is 5.91 Å². The van der Waals surface area contributed by atoms with Gasteiger partial charge in [-0.3, -0.25) is 4.79 Å². The first-order valence-corrected chi connectivity index (χ1v) is 14.5. The number of rotatable bonds is 7. The lowest BCUT2D eigenvalue weighted by Gasteiger charge is -2.61. The van der Waals surface area contributed by atoms with Crippen molar-refractivity contribution in [3.8, 4) is 0 Å². The summed E-state index contributed by atoms with van der Waals surface area (Å²) in [6.07, 6.45) is 17.2. The standard InChI is InChI=1S/C30H53NO/c1-7-23(8-2)31-28(32)14-9-21(4)25-12-13-26-24-11-10-22-19-20(3)15-17-29(22,5)27(24)16-18-30(25,26)6/h20-27H,7-19H2,1-6H3,(H,31,32)/t20?,21-,22-,24+,25-,26+,27+,29+,30-/m1/s1. The number of fused-ring (bicyclic) bond motifs is 5. The van der Waals surface area contributed by atoms with Gasteiger partial charge < -0.3 is 5.32 Å². The molecule has 32 heavy (non-hydrogen) atoms. The van der Waals surface area contributed by atoms with Crippen LogP contribution in [0, 0.1) is 52.3 Å². The molecule has 1 N–H and O–H groups in total. The summed E-state index contributed by atoms with van der Waals surface area (Å²) in [5.74, 6) is 6.67. The number of nitrogens with one attached hydrogen (secondary N) is 1. The Morgan fingerprint density at radius 2 is 1.62 bits per heavy atom. The molecule has 0 radical (unpaired) electrons. The molecule has 2 nitrogen and oxygen atoms in total. The minimum atomic E-state index is 0.284. The molecule has 0 aromatic carbocycles. The highest BCUT2D eigenvalue weighted by Gasteiger charge is 2.60. The molecule has 4 aliphatic carbocycles. The molecule has 2 heteroatoms. The van der Waals surface area contributed by atoms with Crippen molar-refractivity contribution in [3.63, 3.8) is 0 Å². The summed E-state index contributed by atoms with van der Waals surface area (Å²) in [4.78, 5) is 12.5. The van der Waals surface area contributed by atoms with E-state index in [0.29, 0.717) is 22.8 Å². The lowest BCUT2D eigenvalue weighted by atomic mass is 9.44. The molecule has 184 valence electrons. The minimum Gasteiger partial charge on any atom is -0.353 e. The summed E-state index contributed by atoms with van der Waals surface area (Å²) in [6.45, 7) is 14.7. The van der Waals surface area contributed by atoms with E-state index in [2.05, 4.69) is 46.9 Å². The van der Waals surface area contributed by atoms with Gasteiger partial charge in [0.25, 0.3) is 0 Å². The van der Waals surface area contributed by atoms with Gasteiger partial charge in [0.15, 0.2) is 0 Å². The normalized spacial score (nSPS) is 44.5. The summed E-state index contributed by atoms with van der Waals surface area (Å²) in [5.41, 5.74) is 1.16. The lowest BCUT2D eigenvalue weighted by Crippen LogP contribution is -2.53. The molecule has 0 aromatic rings. The first kappa shape index (κ1) is 24.6. The van der Waals surface area contributed by atoms with Crippen LogP contribution >= 0.6 is 0 Å². The summed E-state index contributed by atoms with van der Waals surface area (Å²) >= 11 is 0. The second kappa shape index (κ2) is 9.61. The van der Waals surface area contributed by atoms with Gasteiger partial charge in [-0.15, -0.1) is 0 Å². The van der Waals surface area contributed by atoms with Crippen LogP contribution in [0.25, 0.3) is 0 Å². The van der Waals surface area contributed by atoms with Crippen molar-refractivity contribution in [2.45, 2.75) is 131 Å². The third kappa shape index (κ3) is 4.31. The van der Waals surface area contributed by atoms with Crippen LogP contribution in [0.4, 0.5) is 0 Å². The zero-order valence-corrected chi connectivity index (χ0v) is 22.2. The molecule has 4 saturated carbocycles. The van der Waals surface area contributed by atoms with Crippen LogP contribution in [0.15, 0.2) is 0 Å². The third-order valence-corrected chi connectivity index (χ3v) is 11.9. The highest BCUT2D eigenvalue weighted by atomic mass is 16.1. The summed E-state index contributed by atoms with van der Waals surface area (Å²) in [6, 6.07) is 0.362. The molecule has 0 bridgehead atoms. The molecule has 0 saturated heterocycles. The Hall–Kier alpha value is -0.530. The molecule has 4 rings (SSSR count). The number of hydrogen-bond donors (Lipinski definition) is 1. The Morgan fingerprint density at radius 3 is 2.34 bits per heavy atom. The van der Waals surface area contributed by atoms with Crippen LogP contribution in [0.1, 0.15) is 125 Å². The van der Waals surface area contributed by atoms with Gasteiger partial charge in [-0.2, -0.15) is 0 Å². The van der Waals surface area contributed by atoms with Gasteiger partial charge in [-0.25, -0.2) is 0 Å². The molecular weight excluding hydrogens is 390 g/mol. The van der Waals surface area contributed by atoms with Crippen molar-refractivity contribution in [3.05, 3.63) is 0 Å². The SMILES string of the molecule is CCC(CC)NC(=O)CC[C@@H](C)[C@H]1CC[C@H]2[C@@H]3CC[C@@H]4CC(C)CC[C@]4(C)[C@H]3CC[C@]12C. The summed E-state index contributed by atoms with van der Waals surface area (Å²) < 4.78 is 0. The molecule has 0 aromatic heterocycles. The molecule has 1 amide bonds. The van der Waals surface area contributed by atoms with Crippen LogP contribution < -0.4 is 5.32 Å². The molecule has 1 unspecified atom stereocenters. The van der Waals surface area contributed by atoms with E-state index in [9.17, 15) is 4.79 Å². The molecule has 0 spiro atoms. The number of hydrogen-bond acceptors (Lipinski definition) is 1. The van der Waals surface area contributed by atoms with Gasteiger partial charge in [0, 0.05) is 12.5 Å². The zero-order valence-electron chi connectivity index (χ0n) is 22.2. The van der Waals surface area contributed by atoms with E-state index in [1.165, 1.54) is 57.8 Å². The summed E-state index contributed by atoms with van der Waals surface area (Å²) in [7, 11) is 0. The average Bonchev–Trinajstić information content (AvgIpc) is 3.13. The monoisotopic (exact) mass is 443 g/mol. The van der Waals surface area contributed by atoms with E-state index in [4.69, 9.17) is 0 Å². The Kier molecular flexibility index (Phi) is 7.39. The fourth-order valence-corrected chi connectivity index (χ4v) is 9.80. The first-order valence-electron chi connectivity index (χ1n) is 14.5. The predicted octanol–water partition coefficient (Wildman–Crippen LogP) is 8.00. The van der Waals surface area contributed by atoms with Crippen molar-refractivity contribution in [2.24, 2.45) is 52.3 Å². The van der Waals surface area contributed by atoms with E-state index in [1.807, 2.05) is 0 Å². The zero-order chi connectivity index (χ0) is 23.1. The van der Waals surface area contributed by atoms with Gasteiger partial charge in [0.2, 0.25) is 5.91 Å². The van der Waals surface area contributed by atoms with E-state index >= 15 is 0 Å². The molecule has 4 fully saturated rings. The molecule has 4 aliphatic rings. The number of carbonyl (C=O) groups excluding carboxylic acids is 1. The van der Waals surface area contributed by atoms with Gasteiger partial charge >= 0.3 is 0 Å². The third-order valence-electron chi connectivity index (χ3n) is 11.9. The van der Waals surface area contributed by atoms with Crippen LogP contribution in [-0.4, -0.2) is 11.9 Å².